The van der Waals surface area contributed by atoms with Crippen molar-refractivity contribution in [3.8, 4) is 0 Å². The average Bonchev–Trinajstić information content (AvgIpc) is 2.55. The number of quaternary nitrogens is 1. The predicted molar refractivity (Wildman–Crippen MR) is 109 cm³/mol. The number of ether oxygens (including phenoxy) is 1. The monoisotopic (exact) mass is 388 g/mol. The lowest BCUT2D eigenvalue weighted by Crippen LogP contribution is -2.39. The number of unbranched alkanes of at least 4 members (excludes halogenated alkanes) is 7. The third-order valence-electron chi connectivity index (χ3n) is 4.10. The topological polar surface area (TPSA) is 63.6 Å². The Morgan fingerprint density at radius 2 is 1.62 bits per heavy atom. The van der Waals surface area contributed by atoms with Gasteiger partial charge in [0.05, 0.1) is 21.1 Å². The highest BCUT2D eigenvalue weighted by Crippen LogP contribution is 2.34. The maximum atomic E-state index is 12.2. The minimum Gasteiger partial charge on any atom is -0.459 e. The van der Waals surface area contributed by atoms with Crippen molar-refractivity contribution in [3.05, 3.63) is 12.7 Å². The van der Waals surface area contributed by atoms with E-state index in [0.29, 0.717) is 10.9 Å². The van der Waals surface area contributed by atoms with Gasteiger partial charge in [-0.25, -0.2) is 4.79 Å². The van der Waals surface area contributed by atoms with Crippen molar-refractivity contribution in [2.75, 3.05) is 33.8 Å². The van der Waals surface area contributed by atoms with Crippen LogP contribution in [0, 0.1) is 0 Å². The maximum Gasteiger partial charge on any atom is 0.330 e. The van der Waals surface area contributed by atoms with Crippen LogP contribution in [0.2, 0.25) is 0 Å². The molecule has 0 radical (unpaired) electrons. The Bertz CT molecular complexity index is 421. The highest BCUT2D eigenvalue weighted by Gasteiger charge is 2.26. The molecule has 0 amide bonds. The van der Waals surface area contributed by atoms with Crippen LogP contribution >= 0.6 is 8.15 Å². The van der Waals surface area contributed by atoms with Gasteiger partial charge in [0.25, 0.3) is 0 Å². The molecule has 0 aromatic heterocycles. The smallest absolute Gasteiger partial charge is 0.330 e. The lowest BCUT2D eigenvalue weighted by molar-refractivity contribution is -0.861. The van der Waals surface area contributed by atoms with Crippen LogP contribution in [0.4, 0.5) is 0 Å². The molecule has 0 fully saturated rings. The molecule has 6 heteroatoms. The van der Waals surface area contributed by atoms with Gasteiger partial charge in [0.1, 0.15) is 20.8 Å². The molecule has 2 atom stereocenters. The number of esters is 1. The van der Waals surface area contributed by atoms with E-state index in [1.807, 2.05) is 21.1 Å². The molecule has 1 N–H and O–H groups in total. The molecule has 0 aromatic carbocycles. The number of rotatable bonds is 16. The van der Waals surface area contributed by atoms with Crippen molar-refractivity contribution < 1.29 is 23.7 Å². The normalized spacial score (nSPS) is 13.9. The first-order valence-electron chi connectivity index (χ1n) is 9.82. The molecule has 26 heavy (non-hydrogen) atoms. The first-order valence-corrected chi connectivity index (χ1v) is 11.3. The lowest BCUT2D eigenvalue weighted by Gasteiger charge is -2.25. The third kappa shape index (κ3) is 14.4. The molecular weight excluding hydrogens is 349 g/mol. The Kier molecular flexibility index (Phi) is 13.9. The van der Waals surface area contributed by atoms with Crippen LogP contribution in [0.15, 0.2) is 12.7 Å². The van der Waals surface area contributed by atoms with Crippen molar-refractivity contribution in [1.29, 1.82) is 0 Å². The van der Waals surface area contributed by atoms with Gasteiger partial charge >= 0.3 is 5.97 Å². The summed E-state index contributed by atoms with van der Waals surface area (Å²) in [5.41, 5.74) is -0.150. The minimum atomic E-state index is -1.78. The van der Waals surface area contributed by atoms with Gasteiger partial charge < -0.3 is 14.1 Å². The van der Waals surface area contributed by atoms with Crippen LogP contribution in [0.1, 0.15) is 64.7 Å². The van der Waals surface area contributed by atoms with E-state index >= 15 is 0 Å². The van der Waals surface area contributed by atoms with Gasteiger partial charge in [-0.3, -0.25) is 4.79 Å². The fourth-order valence-corrected chi connectivity index (χ4v) is 4.12. The van der Waals surface area contributed by atoms with Gasteiger partial charge in [-0.1, -0.05) is 58.4 Å². The first kappa shape index (κ1) is 25.2. The molecular formula is C20H39NO4P+. The van der Waals surface area contributed by atoms with E-state index in [4.69, 9.17) is 4.74 Å². The Hall–Kier alpha value is -0.770. The Morgan fingerprint density at radius 3 is 2.12 bits per heavy atom. The highest BCUT2D eigenvalue weighted by molar-refractivity contribution is 7.69. The fourth-order valence-electron chi connectivity index (χ4n) is 2.69. The van der Waals surface area contributed by atoms with Crippen molar-refractivity contribution >= 4 is 19.6 Å². The van der Waals surface area contributed by atoms with Crippen molar-refractivity contribution in [1.82, 2.24) is 0 Å². The van der Waals surface area contributed by atoms with Crippen molar-refractivity contribution in [3.63, 3.8) is 0 Å². The second-order valence-corrected chi connectivity index (χ2v) is 9.61. The molecule has 0 aliphatic carbocycles. The van der Waals surface area contributed by atoms with E-state index in [1.54, 1.807) is 0 Å². The molecule has 0 spiro atoms. The zero-order valence-corrected chi connectivity index (χ0v) is 18.1. The van der Waals surface area contributed by atoms with Gasteiger partial charge in [-0.15, -0.1) is 0 Å². The quantitative estimate of drug-likeness (QED) is 0.141. The second kappa shape index (κ2) is 14.3. The summed E-state index contributed by atoms with van der Waals surface area (Å²) in [6, 6.07) is 0. The molecule has 5 nitrogen and oxygen atoms in total. The number of likely N-dealkylation sites (N-methyl/N-ethyl adjacent to an activating group) is 1. The van der Waals surface area contributed by atoms with Gasteiger partial charge in [0.15, 0.2) is 0 Å². The SMILES string of the molecule is C=CC(=O)OC(CCCCCCCCCC)CP(O)C(=O)C[N+](C)(C)C. The Morgan fingerprint density at radius 1 is 1.08 bits per heavy atom. The summed E-state index contributed by atoms with van der Waals surface area (Å²) in [7, 11) is 3.96. The van der Waals surface area contributed by atoms with E-state index in [1.165, 1.54) is 38.5 Å². The van der Waals surface area contributed by atoms with Crippen LogP contribution < -0.4 is 0 Å². The average molecular weight is 389 g/mol. The van der Waals surface area contributed by atoms with E-state index < -0.39 is 20.2 Å². The summed E-state index contributed by atoms with van der Waals surface area (Å²) in [6.45, 7) is 5.91. The third-order valence-corrected chi connectivity index (χ3v) is 5.57. The molecule has 0 rings (SSSR count). The molecule has 0 bridgehead atoms. The number of hydrogen-bond donors (Lipinski definition) is 1. The molecule has 0 saturated carbocycles. The first-order chi connectivity index (χ1) is 12.2. The van der Waals surface area contributed by atoms with E-state index in [9.17, 15) is 14.5 Å². The maximum absolute atomic E-state index is 12.2. The van der Waals surface area contributed by atoms with Crippen LogP contribution in [0.5, 0.6) is 0 Å². The van der Waals surface area contributed by atoms with Gasteiger partial charge in [-0.05, 0) is 12.8 Å². The molecule has 0 saturated heterocycles. The number of carbonyl (C=O) groups excluding carboxylic acids is 2. The van der Waals surface area contributed by atoms with Crippen molar-refractivity contribution in [2.45, 2.75) is 70.8 Å². The van der Waals surface area contributed by atoms with Crippen LogP contribution in [0.3, 0.4) is 0 Å². The van der Waals surface area contributed by atoms with Crippen LogP contribution in [-0.2, 0) is 14.3 Å². The molecule has 0 heterocycles. The number of carbonyl (C=O) groups is 2. The summed E-state index contributed by atoms with van der Waals surface area (Å²) in [5.74, 6) is -0.489. The zero-order valence-electron chi connectivity index (χ0n) is 17.2. The summed E-state index contributed by atoms with van der Waals surface area (Å²) >= 11 is 0. The highest BCUT2D eigenvalue weighted by atomic mass is 31.1. The van der Waals surface area contributed by atoms with E-state index in [0.717, 1.165) is 18.9 Å². The molecule has 0 aromatic rings. The summed E-state index contributed by atoms with van der Waals surface area (Å²) in [5, 5.41) is 0. The molecule has 0 aliphatic rings. The Balaban J connectivity index is 4.29. The second-order valence-electron chi connectivity index (χ2n) is 7.95. The standard InChI is InChI=1S/C20H39NO4P/c1-6-8-9-10-11-12-13-14-15-18(25-19(22)7-2)17-26(24)20(23)16-21(3,4)5/h7,18,24H,2,6,8-17H2,1,3-5H3/q+1. The minimum absolute atomic E-state index is 0.150. The van der Waals surface area contributed by atoms with Gasteiger partial charge in [0.2, 0.25) is 5.52 Å². The zero-order chi connectivity index (χ0) is 20.0. The largest absolute Gasteiger partial charge is 0.459 e. The van der Waals surface area contributed by atoms with Crippen molar-refractivity contribution in [2.24, 2.45) is 0 Å². The number of nitrogens with zero attached hydrogens (tertiary/aromatic N) is 1. The molecule has 2 unspecified atom stereocenters. The van der Waals surface area contributed by atoms with Crippen LogP contribution in [-0.4, -0.2) is 60.8 Å². The molecule has 0 aliphatic heterocycles. The lowest BCUT2D eigenvalue weighted by atomic mass is 10.1. The van der Waals surface area contributed by atoms with Gasteiger partial charge in [-0.2, -0.15) is 0 Å². The fraction of sp³-hybridized carbons (Fsp3) is 0.800. The van der Waals surface area contributed by atoms with Crippen LogP contribution in [0.25, 0.3) is 0 Å². The van der Waals surface area contributed by atoms with E-state index in [-0.39, 0.29) is 18.2 Å². The van der Waals surface area contributed by atoms with E-state index in [2.05, 4.69) is 13.5 Å². The summed E-state index contributed by atoms with van der Waals surface area (Å²) in [4.78, 5) is 33.9. The summed E-state index contributed by atoms with van der Waals surface area (Å²) in [6.07, 6.45) is 11.2. The van der Waals surface area contributed by atoms with Gasteiger partial charge in [0, 0.05) is 12.2 Å². The predicted octanol–water partition coefficient (Wildman–Crippen LogP) is 4.24. The molecule has 152 valence electrons. The summed E-state index contributed by atoms with van der Waals surface area (Å²) < 4.78 is 5.83. The number of hydrogen-bond acceptors (Lipinski definition) is 4. The Labute approximate surface area is 161 Å².